The van der Waals surface area contributed by atoms with Crippen molar-refractivity contribution in [1.82, 2.24) is 0 Å². The molecule has 0 atom stereocenters. The molecule has 2 aromatic carbocycles. The lowest BCUT2D eigenvalue weighted by atomic mass is 10.2. The number of methoxy groups -OCH3 is 1. The predicted molar refractivity (Wildman–Crippen MR) is 97.7 cm³/mol. The molecule has 8 nitrogen and oxygen atoms in total. The molecule has 0 aliphatic heterocycles. The van der Waals surface area contributed by atoms with E-state index in [0.29, 0.717) is 5.75 Å². The van der Waals surface area contributed by atoms with Crippen LogP contribution in [0.15, 0.2) is 47.4 Å². The summed E-state index contributed by atoms with van der Waals surface area (Å²) in [4.78, 5) is 22.6. The third kappa shape index (κ3) is 4.51. The van der Waals surface area contributed by atoms with Crippen LogP contribution in [-0.2, 0) is 14.8 Å². The number of carbonyl (C=O) groups is 2. The van der Waals surface area contributed by atoms with Crippen molar-refractivity contribution in [2.75, 3.05) is 17.1 Å². The standard InChI is InChI=1S/C17H19N3O5S/c1-3-16(21)19-14-10-13(8-9-15(14)25-2)26(23,24)20-12-6-4-11(5-7-12)17(18)22/h4-10,20H,3H2,1-2H3,(H2,18,22)(H,19,21). The number of amides is 2. The maximum absolute atomic E-state index is 12.6. The SMILES string of the molecule is CCC(=O)Nc1cc(S(=O)(=O)Nc2ccc(C(N)=O)cc2)ccc1OC. The second-order valence-corrected chi connectivity index (χ2v) is 6.99. The van der Waals surface area contributed by atoms with Crippen molar-refractivity contribution >= 4 is 33.2 Å². The number of nitrogens with one attached hydrogen (secondary N) is 2. The van der Waals surface area contributed by atoms with Crippen LogP contribution in [-0.4, -0.2) is 27.3 Å². The van der Waals surface area contributed by atoms with Crippen molar-refractivity contribution in [3.05, 3.63) is 48.0 Å². The molecule has 2 aromatic rings. The molecule has 0 unspecified atom stereocenters. The first-order valence-corrected chi connectivity index (χ1v) is 9.15. The van der Waals surface area contributed by atoms with Crippen LogP contribution in [0.3, 0.4) is 0 Å². The minimum absolute atomic E-state index is 0.0521. The first kappa shape index (κ1) is 19.3. The van der Waals surface area contributed by atoms with Crippen LogP contribution in [0.2, 0.25) is 0 Å². The molecule has 0 bridgehead atoms. The second kappa shape index (κ2) is 7.87. The van der Waals surface area contributed by atoms with Crippen molar-refractivity contribution in [1.29, 1.82) is 0 Å². The molecule has 0 fully saturated rings. The predicted octanol–water partition coefficient (Wildman–Crippen LogP) is 1.94. The van der Waals surface area contributed by atoms with Crippen LogP contribution in [0, 0.1) is 0 Å². The van der Waals surface area contributed by atoms with Gasteiger partial charge in [0.2, 0.25) is 11.8 Å². The van der Waals surface area contributed by atoms with Crippen molar-refractivity contribution in [2.24, 2.45) is 5.73 Å². The maximum Gasteiger partial charge on any atom is 0.261 e. The zero-order valence-corrected chi connectivity index (χ0v) is 15.1. The Bertz CT molecular complexity index is 924. The molecule has 2 rings (SSSR count). The molecule has 138 valence electrons. The van der Waals surface area contributed by atoms with Gasteiger partial charge in [0.15, 0.2) is 0 Å². The molecule has 0 saturated heterocycles. The van der Waals surface area contributed by atoms with Gasteiger partial charge in [0.25, 0.3) is 10.0 Å². The van der Waals surface area contributed by atoms with Crippen molar-refractivity contribution in [3.8, 4) is 5.75 Å². The molecule has 0 radical (unpaired) electrons. The Balaban J connectivity index is 2.31. The molecule has 4 N–H and O–H groups in total. The lowest BCUT2D eigenvalue weighted by Gasteiger charge is -2.13. The molecule has 0 aromatic heterocycles. The van der Waals surface area contributed by atoms with Crippen molar-refractivity contribution in [3.63, 3.8) is 0 Å². The molecule has 0 aliphatic carbocycles. The average molecular weight is 377 g/mol. The van der Waals surface area contributed by atoms with Crippen LogP contribution < -0.4 is 20.5 Å². The minimum Gasteiger partial charge on any atom is -0.495 e. The van der Waals surface area contributed by atoms with Gasteiger partial charge in [0.1, 0.15) is 5.75 Å². The van der Waals surface area contributed by atoms with E-state index in [1.807, 2.05) is 0 Å². The molecular weight excluding hydrogens is 358 g/mol. The Morgan fingerprint density at radius 2 is 1.77 bits per heavy atom. The number of benzene rings is 2. The minimum atomic E-state index is -3.91. The molecular formula is C17H19N3O5S. The van der Waals surface area contributed by atoms with E-state index >= 15 is 0 Å². The van der Waals surface area contributed by atoms with Gasteiger partial charge in [0, 0.05) is 17.7 Å². The van der Waals surface area contributed by atoms with Gasteiger partial charge in [-0.1, -0.05) is 6.92 Å². The lowest BCUT2D eigenvalue weighted by molar-refractivity contribution is -0.115. The largest absolute Gasteiger partial charge is 0.495 e. The third-order valence-corrected chi connectivity index (χ3v) is 4.88. The fraction of sp³-hybridized carbons (Fsp3) is 0.176. The molecule has 0 saturated carbocycles. The lowest BCUT2D eigenvalue weighted by Crippen LogP contribution is -2.15. The monoisotopic (exact) mass is 377 g/mol. The van der Waals surface area contributed by atoms with E-state index in [2.05, 4.69) is 10.0 Å². The van der Waals surface area contributed by atoms with E-state index in [9.17, 15) is 18.0 Å². The summed E-state index contributed by atoms with van der Waals surface area (Å²) in [7, 11) is -2.49. The average Bonchev–Trinajstić information content (AvgIpc) is 2.61. The Labute approximate surface area is 151 Å². The summed E-state index contributed by atoms with van der Waals surface area (Å²) in [5.74, 6) is -0.532. The highest BCUT2D eigenvalue weighted by Crippen LogP contribution is 2.28. The first-order valence-electron chi connectivity index (χ1n) is 7.67. The number of nitrogens with two attached hydrogens (primary N) is 1. The fourth-order valence-electron chi connectivity index (χ4n) is 2.11. The van der Waals surface area contributed by atoms with Crippen LogP contribution >= 0.6 is 0 Å². The van der Waals surface area contributed by atoms with Crippen LogP contribution in [0.25, 0.3) is 0 Å². The highest BCUT2D eigenvalue weighted by molar-refractivity contribution is 7.92. The Morgan fingerprint density at radius 1 is 1.12 bits per heavy atom. The number of hydrogen-bond donors (Lipinski definition) is 3. The summed E-state index contributed by atoms with van der Waals surface area (Å²) in [6.07, 6.45) is 0.241. The number of primary amides is 1. The molecule has 2 amide bonds. The molecule has 0 spiro atoms. The summed E-state index contributed by atoms with van der Waals surface area (Å²) in [6.45, 7) is 1.68. The summed E-state index contributed by atoms with van der Waals surface area (Å²) >= 11 is 0. The van der Waals surface area contributed by atoms with E-state index in [1.165, 1.54) is 49.6 Å². The number of anilines is 2. The van der Waals surface area contributed by atoms with Gasteiger partial charge >= 0.3 is 0 Å². The smallest absolute Gasteiger partial charge is 0.261 e. The van der Waals surface area contributed by atoms with E-state index in [1.54, 1.807) is 6.92 Å². The Kier molecular flexibility index (Phi) is 5.83. The Morgan fingerprint density at radius 3 is 2.31 bits per heavy atom. The second-order valence-electron chi connectivity index (χ2n) is 5.31. The summed E-state index contributed by atoms with van der Waals surface area (Å²) in [5, 5.41) is 2.60. The van der Waals surface area contributed by atoms with Crippen molar-refractivity contribution < 1.29 is 22.7 Å². The summed E-state index contributed by atoms with van der Waals surface area (Å²) in [6, 6.07) is 9.83. The normalized spacial score (nSPS) is 10.8. The molecule has 26 heavy (non-hydrogen) atoms. The van der Waals surface area contributed by atoms with Gasteiger partial charge in [-0.3, -0.25) is 14.3 Å². The fourth-order valence-corrected chi connectivity index (χ4v) is 3.19. The van der Waals surface area contributed by atoms with Gasteiger partial charge in [-0.05, 0) is 42.5 Å². The van der Waals surface area contributed by atoms with Gasteiger partial charge in [-0.2, -0.15) is 0 Å². The zero-order valence-electron chi connectivity index (χ0n) is 14.3. The van der Waals surface area contributed by atoms with Crippen LogP contribution in [0.5, 0.6) is 5.75 Å². The highest BCUT2D eigenvalue weighted by atomic mass is 32.2. The Hall–Kier alpha value is -3.07. The number of carbonyl (C=O) groups excluding carboxylic acids is 2. The first-order chi connectivity index (χ1) is 12.3. The van der Waals surface area contributed by atoms with Crippen LogP contribution in [0.4, 0.5) is 11.4 Å². The van der Waals surface area contributed by atoms with Gasteiger partial charge < -0.3 is 15.8 Å². The van der Waals surface area contributed by atoms with E-state index in [0.717, 1.165) is 0 Å². The number of rotatable bonds is 7. The van der Waals surface area contributed by atoms with Crippen molar-refractivity contribution in [2.45, 2.75) is 18.2 Å². The molecule has 0 heterocycles. The zero-order chi connectivity index (χ0) is 19.3. The van der Waals surface area contributed by atoms with E-state index in [-0.39, 0.29) is 34.2 Å². The maximum atomic E-state index is 12.6. The molecule has 0 aliphatic rings. The topological polar surface area (TPSA) is 128 Å². The van der Waals surface area contributed by atoms with Crippen LogP contribution in [0.1, 0.15) is 23.7 Å². The summed E-state index contributed by atoms with van der Waals surface area (Å²) in [5.41, 5.74) is 5.94. The molecule has 9 heteroatoms. The summed E-state index contributed by atoms with van der Waals surface area (Å²) < 4.78 is 32.7. The van der Waals surface area contributed by atoms with Gasteiger partial charge in [-0.25, -0.2) is 8.42 Å². The number of hydrogen-bond acceptors (Lipinski definition) is 5. The third-order valence-electron chi connectivity index (χ3n) is 3.50. The number of ether oxygens (including phenoxy) is 1. The quantitative estimate of drug-likeness (QED) is 0.679. The highest BCUT2D eigenvalue weighted by Gasteiger charge is 2.18. The van der Waals surface area contributed by atoms with E-state index in [4.69, 9.17) is 10.5 Å². The number of sulfonamides is 1. The van der Waals surface area contributed by atoms with E-state index < -0.39 is 15.9 Å². The van der Waals surface area contributed by atoms with Gasteiger partial charge in [-0.15, -0.1) is 0 Å². The van der Waals surface area contributed by atoms with Gasteiger partial charge in [0.05, 0.1) is 17.7 Å².